The van der Waals surface area contributed by atoms with Gasteiger partial charge in [-0.1, -0.05) is 30.3 Å². The third-order valence-corrected chi connectivity index (χ3v) is 4.70. The van der Waals surface area contributed by atoms with Gasteiger partial charge in [0.1, 0.15) is 11.9 Å². The van der Waals surface area contributed by atoms with E-state index in [1.165, 1.54) is 0 Å². The van der Waals surface area contributed by atoms with Crippen LogP contribution in [-0.4, -0.2) is 46.6 Å². The molecule has 0 bridgehead atoms. The van der Waals surface area contributed by atoms with Crippen molar-refractivity contribution in [3.05, 3.63) is 59.8 Å². The van der Waals surface area contributed by atoms with Crippen LogP contribution in [0.15, 0.2) is 48.5 Å². The molecule has 3 aromatic rings. The predicted octanol–water partition coefficient (Wildman–Crippen LogP) is 2.02. The highest BCUT2D eigenvalue weighted by Gasteiger charge is 2.30. The molecule has 7 heteroatoms. The molecule has 3 N–H and O–H groups in total. The second kappa shape index (κ2) is 7.77. The van der Waals surface area contributed by atoms with Crippen molar-refractivity contribution in [2.24, 2.45) is 0 Å². The maximum atomic E-state index is 12.8. The summed E-state index contributed by atoms with van der Waals surface area (Å²) in [6.45, 7) is 0.951. The van der Waals surface area contributed by atoms with E-state index >= 15 is 0 Å². The summed E-state index contributed by atoms with van der Waals surface area (Å²) in [7, 11) is 0. The Morgan fingerprint density at radius 1 is 1.26 bits per heavy atom. The van der Waals surface area contributed by atoms with Crippen LogP contribution in [0.5, 0.6) is 5.75 Å². The summed E-state index contributed by atoms with van der Waals surface area (Å²) in [5.74, 6) is 0.441. The van der Waals surface area contributed by atoms with Gasteiger partial charge in [-0.15, -0.1) is 0 Å². The molecule has 2 aromatic carbocycles. The Bertz CT molecular complexity index is 922. The van der Waals surface area contributed by atoms with Crippen LogP contribution in [0.25, 0.3) is 10.9 Å². The number of H-pyrrole nitrogens is 1. The largest absolute Gasteiger partial charge is 0.486 e. The van der Waals surface area contributed by atoms with Crippen LogP contribution in [0.4, 0.5) is 0 Å². The van der Waals surface area contributed by atoms with Gasteiger partial charge in [-0.3, -0.25) is 9.89 Å². The molecule has 0 saturated carbocycles. The number of aliphatic hydroxyl groups excluding tert-OH is 1. The van der Waals surface area contributed by atoms with E-state index in [1.54, 1.807) is 12.1 Å². The average molecular weight is 367 g/mol. The van der Waals surface area contributed by atoms with Gasteiger partial charge in [0.25, 0.3) is 5.91 Å². The number of nitrogens with zero attached hydrogens (tertiary/aromatic N) is 1. The van der Waals surface area contributed by atoms with Gasteiger partial charge in [-0.05, 0) is 30.2 Å². The lowest BCUT2D eigenvalue weighted by molar-refractivity contribution is -0.0135. The van der Waals surface area contributed by atoms with Gasteiger partial charge in [0, 0.05) is 12.0 Å². The van der Waals surface area contributed by atoms with E-state index in [9.17, 15) is 4.79 Å². The first-order valence-electron chi connectivity index (χ1n) is 8.93. The molecule has 2 heterocycles. The number of hydrogen-bond donors (Lipinski definition) is 3. The van der Waals surface area contributed by atoms with Crippen LogP contribution in [0.2, 0.25) is 0 Å². The number of aromatic nitrogens is 2. The maximum absolute atomic E-state index is 12.8. The second-order valence-electron chi connectivity index (χ2n) is 6.52. The van der Waals surface area contributed by atoms with Gasteiger partial charge in [0.05, 0.1) is 24.8 Å². The third-order valence-electron chi connectivity index (χ3n) is 4.70. The highest BCUT2D eigenvalue weighted by Crippen LogP contribution is 2.20. The molecule has 140 valence electrons. The van der Waals surface area contributed by atoms with Crippen molar-refractivity contribution >= 4 is 16.8 Å². The first-order valence-corrected chi connectivity index (χ1v) is 8.93. The fraction of sp³-hybridized carbons (Fsp3) is 0.300. The summed E-state index contributed by atoms with van der Waals surface area (Å²) in [5.41, 5.74) is 2.02. The summed E-state index contributed by atoms with van der Waals surface area (Å²) in [4.78, 5) is 12.8. The lowest BCUT2D eigenvalue weighted by Crippen LogP contribution is -2.51. The Morgan fingerprint density at radius 3 is 2.89 bits per heavy atom. The Morgan fingerprint density at radius 2 is 2.07 bits per heavy atom. The van der Waals surface area contributed by atoms with E-state index in [0.29, 0.717) is 31.1 Å². The number of aliphatic hydroxyl groups is 1. The normalized spacial score (nSPS) is 19.7. The lowest BCUT2D eigenvalue weighted by atomic mass is 10.1. The highest BCUT2D eigenvalue weighted by atomic mass is 16.5. The molecule has 7 nitrogen and oxygen atoms in total. The molecule has 0 spiro atoms. The molecule has 2 atom stereocenters. The van der Waals surface area contributed by atoms with E-state index in [-0.39, 0.29) is 24.7 Å². The van der Waals surface area contributed by atoms with E-state index < -0.39 is 0 Å². The molecule has 0 unspecified atom stereocenters. The average Bonchev–Trinajstić information content (AvgIpc) is 3.14. The summed E-state index contributed by atoms with van der Waals surface area (Å²) in [6.07, 6.45) is 0.362. The number of fused-ring (bicyclic) bond motifs is 1. The molecular formula is C20H21N3O4. The van der Waals surface area contributed by atoms with Crippen molar-refractivity contribution in [1.29, 1.82) is 0 Å². The van der Waals surface area contributed by atoms with Gasteiger partial charge in [-0.25, -0.2) is 0 Å². The number of benzene rings is 2. The summed E-state index contributed by atoms with van der Waals surface area (Å²) in [6, 6.07) is 14.6. The second-order valence-corrected chi connectivity index (χ2v) is 6.52. The van der Waals surface area contributed by atoms with Crippen molar-refractivity contribution in [3.63, 3.8) is 0 Å². The number of rotatable bonds is 5. The van der Waals surface area contributed by atoms with Crippen LogP contribution in [-0.2, 0) is 11.3 Å². The zero-order valence-corrected chi connectivity index (χ0v) is 14.7. The van der Waals surface area contributed by atoms with E-state index in [1.807, 2.05) is 36.4 Å². The smallest absolute Gasteiger partial charge is 0.272 e. The molecule has 27 heavy (non-hydrogen) atoms. The summed E-state index contributed by atoms with van der Waals surface area (Å²) >= 11 is 0. The zero-order chi connectivity index (χ0) is 18.6. The van der Waals surface area contributed by atoms with Crippen molar-refractivity contribution in [2.45, 2.75) is 25.2 Å². The minimum atomic E-state index is -0.298. The SMILES string of the molecule is O=C(N[C@H]1CCOC[C@@H]1Oc1ccc(CO)cc1)c1n[nH]c2ccccc12. The van der Waals surface area contributed by atoms with Crippen molar-refractivity contribution in [2.75, 3.05) is 13.2 Å². The number of carbonyl (C=O) groups is 1. The van der Waals surface area contributed by atoms with Crippen LogP contribution in [0.3, 0.4) is 0 Å². The van der Waals surface area contributed by atoms with Crippen molar-refractivity contribution < 1.29 is 19.4 Å². The van der Waals surface area contributed by atoms with Crippen LogP contribution in [0, 0.1) is 0 Å². The Balaban J connectivity index is 1.47. The number of nitrogens with one attached hydrogen (secondary N) is 2. The Hall–Kier alpha value is -2.90. The molecule has 1 aromatic heterocycles. The van der Waals surface area contributed by atoms with Gasteiger partial charge >= 0.3 is 0 Å². The van der Waals surface area contributed by atoms with E-state index in [2.05, 4.69) is 15.5 Å². The fourth-order valence-corrected chi connectivity index (χ4v) is 3.21. The van der Waals surface area contributed by atoms with Crippen molar-refractivity contribution in [1.82, 2.24) is 15.5 Å². The lowest BCUT2D eigenvalue weighted by Gasteiger charge is -2.32. The monoisotopic (exact) mass is 367 g/mol. The summed E-state index contributed by atoms with van der Waals surface area (Å²) in [5, 5.41) is 20.0. The molecule has 1 aliphatic rings. The highest BCUT2D eigenvalue weighted by molar-refractivity contribution is 6.04. The Labute approximate surface area is 156 Å². The molecular weight excluding hydrogens is 346 g/mol. The van der Waals surface area contributed by atoms with Gasteiger partial charge in [0.2, 0.25) is 0 Å². The predicted molar refractivity (Wildman–Crippen MR) is 99.6 cm³/mol. The van der Waals surface area contributed by atoms with Gasteiger partial charge in [-0.2, -0.15) is 5.10 Å². The first-order chi connectivity index (χ1) is 13.2. The number of hydrogen-bond acceptors (Lipinski definition) is 5. The number of carbonyl (C=O) groups excluding carboxylic acids is 1. The number of para-hydroxylation sites is 1. The van der Waals surface area contributed by atoms with Crippen LogP contribution >= 0.6 is 0 Å². The topological polar surface area (TPSA) is 96.5 Å². The molecule has 0 aliphatic carbocycles. The fourth-order valence-electron chi connectivity index (χ4n) is 3.21. The van der Waals surface area contributed by atoms with E-state index in [4.69, 9.17) is 14.6 Å². The number of aromatic amines is 1. The Kier molecular flexibility index (Phi) is 5.04. The molecule has 0 radical (unpaired) electrons. The molecule has 4 rings (SSSR count). The minimum Gasteiger partial charge on any atom is -0.486 e. The molecule has 1 fully saturated rings. The zero-order valence-electron chi connectivity index (χ0n) is 14.7. The summed E-state index contributed by atoms with van der Waals surface area (Å²) < 4.78 is 11.6. The first kappa shape index (κ1) is 17.5. The number of ether oxygens (including phenoxy) is 2. The third kappa shape index (κ3) is 3.79. The number of amides is 1. The van der Waals surface area contributed by atoms with E-state index in [0.717, 1.165) is 16.5 Å². The minimum absolute atomic E-state index is 0.0108. The molecule has 1 amide bonds. The van der Waals surface area contributed by atoms with Crippen LogP contribution in [0.1, 0.15) is 22.5 Å². The van der Waals surface area contributed by atoms with Gasteiger partial charge in [0.15, 0.2) is 5.69 Å². The molecule has 1 aliphatic heterocycles. The van der Waals surface area contributed by atoms with Crippen LogP contribution < -0.4 is 10.1 Å². The van der Waals surface area contributed by atoms with Crippen molar-refractivity contribution in [3.8, 4) is 5.75 Å². The quantitative estimate of drug-likeness (QED) is 0.641. The molecule has 1 saturated heterocycles. The van der Waals surface area contributed by atoms with Gasteiger partial charge < -0.3 is 19.9 Å². The standard InChI is InChI=1S/C20H21N3O4/c24-11-13-5-7-14(8-6-13)27-18-12-26-10-9-17(18)21-20(25)19-15-3-1-2-4-16(15)22-23-19/h1-8,17-18,24H,9-12H2,(H,21,25)(H,22,23)/t17-,18-/m0/s1. The maximum Gasteiger partial charge on any atom is 0.272 e.